The van der Waals surface area contributed by atoms with Crippen LogP contribution in [0.3, 0.4) is 0 Å². The molecular weight excluding hydrogens is 314 g/mol. The largest absolute Gasteiger partial charge is 0.506 e. The molecule has 0 bridgehead atoms. The highest BCUT2D eigenvalue weighted by atomic mass is 16.3. The van der Waals surface area contributed by atoms with Crippen LogP contribution in [0.1, 0.15) is 40.0 Å². The summed E-state index contributed by atoms with van der Waals surface area (Å²) in [5.74, 6) is 0.650. The molecule has 0 unspecified atom stereocenters. The number of quaternary nitrogens is 1. The highest BCUT2D eigenvalue weighted by Gasteiger charge is 2.37. The van der Waals surface area contributed by atoms with Gasteiger partial charge in [-0.05, 0) is 52.2 Å². The Morgan fingerprint density at radius 3 is 2.36 bits per heavy atom. The zero-order chi connectivity index (χ0) is 18.0. The van der Waals surface area contributed by atoms with Crippen molar-refractivity contribution in [1.82, 2.24) is 4.90 Å². The van der Waals surface area contributed by atoms with Crippen molar-refractivity contribution in [2.24, 2.45) is 0 Å². The Labute approximate surface area is 151 Å². The number of phenols is 1. The molecule has 0 saturated carbocycles. The van der Waals surface area contributed by atoms with Crippen LogP contribution < -0.4 is 9.80 Å². The third-order valence-corrected chi connectivity index (χ3v) is 6.06. The molecule has 2 aliphatic rings. The van der Waals surface area contributed by atoms with Gasteiger partial charge in [0.05, 0.1) is 31.9 Å². The summed E-state index contributed by atoms with van der Waals surface area (Å²) < 4.78 is 0. The molecule has 1 aromatic rings. The van der Waals surface area contributed by atoms with Crippen LogP contribution in [0.25, 0.3) is 0 Å². The zero-order valence-corrected chi connectivity index (χ0v) is 15.7. The smallest absolute Gasteiger partial charge is 0.281 e. The van der Waals surface area contributed by atoms with Crippen molar-refractivity contribution >= 4 is 11.6 Å². The molecule has 2 saturated heterocycles. The number of rotatable bonds is 3. The molecule has 2 fully saturated rings. The first-order valence-electron chi connectivity index (χ1n) is 9.68. The Hall–Kier alpha value is -1.75. The number of anilines is 1. The van der Waals surface area contributed by atoms with Crippen LogP contribution in [0, 0.1) is 0 Å². The molecule has 5 heteroatoms. The van der Waals surface area contributed by atoms with Crippen molar-refractivity contribution in [3.63, 3.8) is 0 Å². The minimum absolute atomic E-state index is 0.00882. The van der Waals surface area contributed by atoms with E-state index >= 15 is 0 Å². The number of carbonyl (C=O) groups is 1. The third kappa shape index (κ3) is 3.76. The number of nitrogens with zero attached hydrogens (tertiary/aromatic N) is 2. The monoisotopic (exact) mass is 346 g/mol. The van der Waals surface area contributed by atoms with Crippen LogP contribution in [0.2, 0.25) is 0 Å². The fourth-order valence-electron chi connectivity index (χ4n) is 4.45. The van der Waals surface area contributed by atoms with Gasteiger partial charge in [0, 0.05) is 12.1 Å². The summed E-state index contributed by atoms with van der Waals surface area (Å²) in [6.07, 6.45) is 3.48. The quantitative estimate of drug-likeness (QED) is 0.867. The Kier molecular flexibility index (Phi) is 5.52. The average Bonchev–Trinajstić information content (AvgIpc) is 2.61. The standard InChI is InChI=1S/C20H31N3O2/c1-15-7-6-8-16(2)23(15)20(25)17(3)21-11-13-22(14-12-21)18-9-4-5-10-19(18)24/h4-5,9-10,15-17,24H,6-8,11-14H2,1-3H3/p+1/t15-,16-,17+/m0/s1. The number of amides is 1. The number of likely N-dealkylation sites (tertiary alicyclic amines) is 1. The number of hydrogen-bond acceptors (Lipinski definition) is 3. The molecule has 25 heavy (non-hydrogen) atoms. The van der Waals surface area contributed by atoms with E-state index in [1.165, 1.54) is 11.3 Å². The molecule has 1 amide bonds. The molecule has 1 aromatic carbocycles. The average molecular weight is 346 g/mol. The topological polar surface area (TPSA) is 48.2 Å². The number of para-hydroxylation sites is 2. The Bertz CT molecular complexity index is 588. The van der Waals surface area contributed by atoms with Crippen LogP contribution in [-0.4, -0.2) is 60.2 Å². The van der Waals surface area contributed by atoms with Crippen molar-refractivity contribution < 1.29 is 14.8 Å². The number of piperazine rings is 1. The second-order valence-electron chi connectivity index (χ2n) is 7.73. The third-order valence-electron chi connectivity index (χ3n) is 6.06. The lowest BCUT2D eigenvalue weighted by molar-refractivity contribution is -0.915. The minimum atomic E-state index is 0.00882. The highest BCUT2D eigenvalue weighted by Crippen LogP contribution is 2.26. The van der Waals surface area contributed by atoms with Gasteiger partial charge in [-0.25, -0.2) is 0 Å². The SMILES string of the molecule is C[C@H](C(=O)N1[C@@H](C)CCC[C@@H]1C)[NH+]1CCN(c2ccccc2O)CC1. The lowest BCUT2D eigenvalue weighted by Crippen LogP contribution is -3.19. The fourth-order valence-corrected chi connectivity index (χ4v) is 4.45. The van der Waals surface area contributed by atoms with Crippen LogP contribution in [0.15, 0.2) is 24.3 Å². The Balaban J connectivity index is 1.60. The van der Waals surface area contributed by atoms with E-state index in [-0.39, 0.29) is 6.04 Å². The molecule has 2 heterocycles. The lowest BCUT2D eigenvalue weighted by Gasteiger charge is -2.42. The molecular formula is C20H32N3O2+. The summed E-state index contributed by atoms with van der Waals surface area (Å²) in [5, 5.41) is 10.0. The van der Waals surface area contributed by atoms with E-state index in [4.69, 9.17) is 0 Å². The summed E-state index contributed by atoms with van der Waals surface area (Å²) >= 11 is 0. The number of aromatic hydroxyl groups is 1. The molecule has 2 aliphatic heterocycles. The van der Waals surface area contributed by atoms with Gasteiger partial charge >= 0.3 is 0 Å². The van der Waals surface area contributed by atoms with E-state index < -0.39 is 0 Å². The predicted octanol–water partition coefficient (Wildman–Crippen LogP) is 1.28. The molecule has 0 aromatic heterocycles. The van der Waals surface area contributed by atoms with Gasteiger partial charge in [0.1, 0.15) is 5.75 Å². The van der Waals surface area contributed by atoms with Crippen molar-refractivity contribution in [2.45, 2.75) is 58.2 Å². The molecule has 3 rings (SSSR count). The molecule has 0 aliphatic carbocycles. The van der Waals surface area contributed by atoms with Gasteiger partial charge in [0.2, 0.25) is 0 Å². The van der Waals surface area contributed by atoms with Gasteiger partial charge in [0.15, 0.2) is 6.04 Å². The first-order valence-corrected chi connectivity index (χ1v) is 9.68. The van der Waals surface area contributed by atoms with Gasteiger partial charge in [0.25, 0.3) is 5.91 Å². The van der Waals surface area contributed by atoms with E-state index in [0.717, 1.165) is 44.7 Å². The van der Waals surface area contributed by atoms with Gasteiger partial charge in [-0.2, -0.15) is 0 Å². The first-order chi connectivity index (χ1) is 12.0. The molecule has 2 N–H and O–H groups in total. The number of piperidine rings is 1. The Morgan fingerprint density at radius 2 is 1.76 bits per heavy atom. The van der Waals surface area contributed by atoms with Gasteiger partial charge in [-0.3, -0.25) is 4.79 Å². The fraction of sp³-hybridized carbons (Fsp3) is 0.650. The van der Waals surface area contributed by atoms with Crippen molar-refractivity contribution in [3.8, 4) is 5.75 Å². The normalized spacial score (nSPS) is 26.5. The van der Waals surface area contributed by atoms with E-state index in [2.05, 4.69) is 30.6 Å². The van der Waals surface area contributed by atoms with Crippen LogP contribution >= 0.6 is 0 Å². The number of phenolic OH excluding ortho intramolecular Hbond substituents is 1. The number of hydrogen-bond donors (Lipinski definition) is 2. The lowest BCUT2D eigenvalue weighted by atomic mass is 9.96. The van der Waals surface area contributed by atoms with Crippen molar-refractivity contribution in [2.75, 3.05) is 31.1 Å². The van der Waals surface area contributed by atoms with Crippen LogP contribution in [0.4, 0.5) is 5.69 Å². The number of nitrogens with one attached hydrogen (secondary N) is 1. The van der Waals surface area contributed by atoms with Gasteiger partial charge in [-0.15, -0.1) is 0 Å². The van der Waals surface area contributed by atoms with Crippen molar-refractivity contribution in [3.05, 3.63) is 24.3 Å². The Morgan fingerprint density at radius 1 is 1.16 bits per heavy atom. The minimum Gasteiger partial charge on any atom is -0.506 e. The maximum Gasteiger partial charge on any atom is 0.281 e. The maximum absolute atomic E-state index is 13.1. The predicted molar refractivity (Wildman–Crippen MR) is 100 cm³/mol. The number of benzene rings is 1. The molecule has 0 radical (unpaired) electrons. The first kappa shape index (κ1) is 18.1. The molecule has 3 atom stereocenters. The molecule has 138 valence electrons. The zero-order valence-electron chi connectivity index (χ0n) is 15.7. The summed E-state index contributed by atoms with van der Waals surface area (Å²) in [5.41, 5.74) is 0.902. The van der Waals surface area contributed by atoms with E-state index in [1.54, 1.807) is 6.07 Å². The van der Waals surface area contributed by atoms with E-state index in [0.29, 0.717) is 23.7 Å². The van der Waals surface area contributed by atoms with Crippen LogP contribution in [-0.2, 0) is 4.79 Å². The van der Waals surface area contributed by atoms with Crippen LogP contribution in [0.5, 0.6) is 5.75 Å². The summed E-state index contributed by atoms with van der Waals surface area (Å²) in [6.45, 7) is 10.1. The molecule has 0 spiro atoms. The van der Waals surface area contributed by atoms with Crippen molar-refractivity contribution in [1.29, 1.82) is 0 Å². The second-order valence-corrected chi connectivity index (χ2v) is 7.73. The maximum atomic E-state index is 13.1. The summed E-state index contributed by atoms with van der Waals surface area (Å²) in [7, 11) is 0. The highest BCUT2D eigenvalue weighted by molar-refractivity contribution is 5.81. The van der Waals surface area contributed by atoms with Gasteiger partial charge < -0.3 is 19.8 Å². The number of carbonyl (C=O) groups excluding carboxylic acids is 1. The summed E-state index contributed by atoms with van der Waals surface area (Å²) in [4.78, 5) is 18.8. The van der Waals surface area contributed by atoms with E-state index in [9.17, 15) is 9.90 Å². The van der Waals surface area contributed by atoms with E-state index in [1.807, 2.05) is 18.2 Å². The second kappa shape index (κ2) is 7.65. The van der Waals surface area contributed by atoms with Gasteiger partial charge in [-0.1, -0.05) is 12.1 Å². The summed E-state index contributed by atoms with van der Waals surface area (Å²) in [6, 6.07) is 8.24. The molecule has 5 nitrogen and oxygen atoms in total.